The number of halogens is 5. The second kappa shape index (κ2) is 11.4. The quantitative estimate of drug-likeness (QED) is 0.351. The van der Waals surface area contributed by atoms with Gasteiger partial charge >= 0.3 is 12.1 Å². The number of carbonyl (C=O) groups is 2. The van der Waals surface area contributed by atoms with E-state index in [-0.39, 0.29) is 34.4 Å². The molecule has 1 aromatic carbocycles. The SMILES string of the molecule is COc1ccc(-c2nc(NC(=O)c3cnc(N4CCC(C(=O)O)CC4)cn3)sc2CN2CC(F)(F)C2)cc1C(F)(F)F. The fourth-order valence-electron chi connectivity index (χ4n) is 4.86. The lowest BCUT2D eigenvalue weighted by molar-refractivity contribution is -0.142. The smallest absolute Gasteiger partial charge is 0.419 e. The van der Waals surface area contributed by atoms with Gasteiger partial charge in [-0.25, -0.2) is 23.7 Å². The van der Waals surface area contributed by atoms with Crippen molar-refractivity contribution in [2.75, 3.05) is 43.5 Å². The highest BCUT2D eigenvalue weighted by Crippen LogP contribution is 2.41. The number of hydrogen-bond donors (Lipinski definition) is 2. The van der Waals surface area contributed by atoms with Crippen LogP contribution in [0, 0.1) is 5.92 Å². The highest BCUT2D eigenvalue weighted by Gasteiger charge is 2.44. The monoisotopic (exact) mass is 612 g/mol. The van der Waals surface area contributed by atoms with Crippen LogP contribution in [0.15, 0.2) is 30.6 Å². The predicted octanol–water partition coefficient (Wildman–Crippen LogP) is 4.63. The van der Waals surface area contributed by atoms with Crippen LogP contribution in [-0.4, -0.2) is 76.0 Å². The zero-order chi connectivity index (χ0) is 30.2. The summed E-state index contributed by atoms with van der Waals surface area (Å²) in [7, 11) is 1.12. The molecule has 2 saturated heterocycles. The molecule has 2 aliphatic heterocycles. The number of nitrogens with one attached hydrogen (secondary N) is 1. The molecule has 2 aliphatic rings. The Labute approximate surface area is 240 Å². The summed E-state index contributed by atoms with van der Waals surface area (Å²) < 4.78 is 72.8. The Morgan fingerprint density at radius 2 is 1.88 bits per heavy atom. The Morgan fingerprint density at radius 1 is 1.17 bits per heavy atom. The molecule has 2 N–H and O–H groups in total. The number of aromatic nitrogens is 3. The van der Waals surface area contributed by atoms with E-state index in [0.29, 0.717) is 36.6 Å². The van der Waals surface area contributed by atoms with Gasteiger partial charge in [0.2, 0.25) is 0 Å². The first kappa shape index (κ1) is 29.6. The van der Waals surface area contributed by atoms with Crippen LogP contribution in [0.4, 0.5) is 32.9 Å². The van der Waals surface area contributed by atoms with E-state index in [2.05, 4.69) is 20.3 Å². The minimum absolute atomic E-state index is 0.00108. The van der Waals surface area contributed by atoms with Gasteiger partial charge in [0.1, 0.15) is 17.3 Å². The van der Waals surface area contributed by atoms with Crippen LogP contribution >= 0.6 is 11.3 Å². The number of carboxylic acids is 1. The van der Waals surface area contributed by atoms with Crippen molar-refractivity contribution in [1.82, 2.24) is 19.9 Å². The highest BCUT2D eigenvalue weighted by atomic mass is 32.1. The largest absolute Gasteiger partial charge is 0.496 e. The normalized spacial score (nSPS) is 17.5. The summed E-state index contributed by atoms with van der Waals surface area (Å²) in [6.45, 7) is -0.0475. The number of aliphatic carboxylic acids is 1. The summed E-state index contributed by atoms with van der Waals surface area (Å²) in [4.78, 5) is 40.5. The zero-order valence-corrected chi connectivity index (χ0v) is 22.9. The lowest BCUT2D eigenvalue weighted by Gasteiger charge is -2.38. The third-order valence-corrected chi connectivity index (χ3v) is 7.97. The van der Waals surface area contributed by atoms with Crippen molar-refractivity contribution in [3.63, 3.8) is 0 Å². The molecule has 2 fully saturated rings. The highest BCUT2D eigenvalue weighted by molar-refractivity contribution is 7.16. The number of anilines is 2. The Balaban J connectivity index is 1.35. The molecule has 0 saturated carbocycles. The number of alkyl halides is 5. The minimum Gasteiger partial charge on any atom is -0.496 e. The van der Waals surface area contributed by atoms with Crippen LogP contribution in [0.2, 0.25) is 0 Å². The molecule has 0 aliphatic carbocycles. The number of carbonyl (C=O) groups excluding carboxylic acids is 1. The van der Waals surface area contributed by atoms with Crippen LogP contribution in [0.1, 0.15) is 33.8 Å². The van der Waals surface area contributed by atoms with Crippen molar-refractivity contribution in [3.05, 3.63) is 46.7 Å². The fourth-order valence-corrected chi connectivity index (χ4v) is 5.88. The number of rotatable bonds is 8. The number of carboxylic acid groups (broad SMARTS) is 1. The molecule has 224 valence electrons. The molecule has 2 aromatic heterocycles. The first-order chi connectivity index (χ1) is 19.8. The summed E-state index contributed by atoms with van der Waals surface area (Å²) in [5, 5.41) is 11.8. The standard InChI is InChI=1S/C26H25F5N6O4S/c1-41-18-3-2-15(8-16(18)26(29,30)31)21-19(11-36-12-25(27,28)13-36)42-24(34-21)35-22(38)17-9-33-20(10-32-17)37-6-4-14(5-7-37)23(39)40/h2-3,8-10,14H,4-7,11-13H2,1H3,(H,39,40)(H,34,35,38). The second-order valence-corrected chi connectivity index (χ2v) is 11.1. The number of likely N-dealkylation sites (tertiary alicyclic amines) is 1. The van der Waals surface area contributed by atoms with E-state index in [1.165, 1.54) is 23.4 Å². The van der Waals surface area contributed by atoms with Crippen LogP contribution in [0.5, 0.6) is 5.75 Å². The second-order valence-electron chi connectivity index (χ2n) is 10.0. The van der Waals surface area contributed by atoms with E-state index in [9.17, 15) is 31.5 Å². The molecule has 3 aromatic rings. The van der Waals surface area contributed by atoms with Gasteiger partial charge in [0.05, 0.1) is 49.8 Å². The predicted molar refractivity (Wildman–Crippen MR) is 142 cm³/mol. The molecule has 4 heterocycles. The van der Waals surface area contributed by atoms with E-state index in [0.717, 1.165) is 30.6 Å². The molecular weight excluding hydrogens is 587 g/mol. The van der Waals surface area contributed by atoms with Crippen LogP contribution in [0.3, 0.4) is 0 Å². The van der Waals surface area contributed by atoms with Gasteiger partial charge < -0.3 is 14.7 Å². The van der Waals surface area contributed by atoms with Crippen molar-refractivity contribution in [3.8, 4) is 17.0 Å². The lowest BCUT2D eigenvalue weighted by atomic mass is 9.97. The topological polar surface area (TPSA) is 121 Å². The summed E-state index contributed by atoms with van der Waals surface area (Å²) in [6, 6.07) is 3.40. The molecule has 0 bridgehead atoms. The average Bonchev–Trinajstić information content (AvgIpc) is 3.33. The van der Waals surface area contributed by atoms with E-state index in [4.69, 9.17) is 9.84 Å². The van der Waals surface area contributed by atoms with E-state index in [1.54, 1.807) is 0 Å². The summed E-state index contributed by atoms with van der Waals surface area (Å²) in [5.74, 6) is -4.66. The first-order valence-electron chi connectivity index (χ1n) is 12.8. The van der Waals surface area contributed by atoms with Gasteiger partial charge in [-0.1, -0.05) is 11.3 Å². The Hall–Kier alpha value is -3.92. The molecule has 16 heteroatoms. The first-order valence-corrected chi connectivity index (χ1v) is 13.6. The third-order valence-electron chi connectivity index (χ3n) is 7.01. The number of thiazole rings is 1. The van der Waals surface area contributed by atoms with Gasteiger partial charge in [-0.15, -0.1) is 0 Å². The molecule has 0 unspecified atom stereocenters. The minimum atomic E-state index is -4.72. The molecule has 0 atom stereocenters. The fraction of sp³-hybridized carbons (Fsp3) is 0.423. The number of nitrogens with zero attached hydrogens (tertiary/aromatic N) is 5. The molecule has 0 spiro atoms. The molecule has 10 nitrogen and oxygen atoms in total. The Bertz CT molecular complexity index is 1470. The molecular formula is C26H25F5N6O4S. The molecule has 42 heavy (non-hydrogen) atoms. The maximum absolute atomic E-state index is 13.7. The number of amides is 1. The van der Waals surface area contributed by atoms with E-state index < -0.39 is 48.5 Å². The zero-order valence-electron chi connectivity index (χ0n) is 22.1. The van der Waals surface area contributed by atoms with Crippen molar-refractivity contribution in [2.45, 2.75) is 31.5 Å². The average molecular weight is 613 g/mol. The van der Waals surface area contributed by atoms with E-state index >= 15 is 0 Å². The van der Waals surface area contributed by atoms with Gasteiger partial charge in [-0.2, -0.15) is 13.2 Å². The molecule has 1 amide bonds. The Morgan fingerprint density at radius 3 is 2.45 bits per heavy atom. The van der Waals surface area contributed by atoms with Gasteiger partial charge in [0.15, 0.2) is 5.13 Å². The Kier molecular flexibility index (Phi) is 8.02. The number of methoxy groups -OCH3 is 1. The third kappa shape index (κ3) is 6.43. The summed E-state index contributed by atoms with van der Waals surface area (Å²) >= 11 is 0.960. The maximum atomic E-state index is 13.7. The number of piperidine rings is 1. The van der Waals surface area contributed by atoms with Crippen LogP contribution in [-0.2, 0) is 17.5 Å². The number of ether oxygens (including phenoxy) is 1. The number of benzene rings is 1. The van der Waals surface area contributed by atoms with Crippen molar-refractivity contribution >= 4 is 34.2 Å². The molecule has 0 radical (unpaired) electrons. The van der Waals surface area contributed by atoms with Crippen molar-refractivity contribution < 1.29 is 41.4 Å². The van der Waals surface area contributed by atoms with Crippen molar-refractivity contribution in [1.29, 1.82) is 0 Å². The van der Waals surface area contributed by atoms with Gasteiger partial charge in [0, 0.05) is 30.1 Å². The van der Waals surface area contributed by atoms with Gasteiger partial charge in [-0.3, -0.25) is 19.8 Å². The van der Waals surface area contributed by atoms with Gasteiger partial charge in [-0.05, 0) is 31.0 Å². The lowest BCUT2D eigenvalue weighted by Crippen LogP contribution is -2.55. The van der Waals surface area contributed by atoms with Crippen LogP contribution < -0.4 is 15.0 Å². The van der Waals surface area contributed by atoms with E-state index in [1.807, 2.05) is 4.90 Å². The maximum Gasteiger partial charge on any atom is 0.419 e. The molecule has 5 rings (SSSR count). The number of hydrogen-bond acceptors (Lipinski definition) is 9. The summed E-state index contributed by atoms with van der Waals surface area (Å²) in [6.07, 6.45) is -1.14. The van der Waals surface area contributed by atoms with Gasteiger partial charge in [0.25, 0.3) is 11.8 Å². The summed E-state index contributed by atoms with van der Waals surface area (Å²) in [5.41, 5.74) is -0.878. The van der Waals surface area contributed by atoms with Crippen molar-refractivity contribution in [2.24, 2.45) is 5.92 Å². The van der Waals surface area contributed by atoms with Crippen LogP contribution in [0.25, 0.3) is 11.3 Å².